The molecule has 2 heterocycles. The van der Waals surface area contributed by atoms with E-state index in [1.807, 2.05) is 6.92 Å². The Balaban J connectivity index is 0.00000192. The summed E-state index contributed by atoms with van der Waals surface area (Å²) < 4.78 is 27.2. The molecule has 0 aromatic heterocycles. The first-order chi connectivity index (χ1) is 10.4. The Morgan fingerprint density at radius 1 is 1.35 bits per heavy atom. The van der Waals surface area contributed by atoms with E-state index in [4.69, 9.17) is 5.73 Å². The summed E-state index contributed by atoms with van der Waals surface area (Å²) >= 11 is 0. The molecule has 1 fully saturated rings. The van der Waals surface area contributed by atoms with Crippen molar-refractivity contribution in [1.82, 2.24) is 9.62 Å². The fourth-order valence-electron chi connectivity index (χ4n) is 3.23. The van der Waals surface area contributed by atoms with Crippen molar-refractivity contribution in [1.29, 1.82) is 0 Å². The number of carbonyl (C=O) groups excluding carboxylic acids is 1. The molecule has 6 nitrogen and oxygen atoms in total. The summed E-state index contributed by atoms with van der Waals surface area (Å²) in [5.74, 6) is -0.202. The number of nitrogens with one attached hydrogen (secondary N) is 1. The molecule has 1 saturated heterocycles. The highest BCUT2D eigenvalue weighted by molar-refractivity contribution is 7.89. The van der Waals surface area contributed by atoms with Crippen LogP contribution in [-0.4, -0.2) is 43.8 Å². The Bertz CT molecular complexity index is 708. The van der Waals surface area contributed by atoms with Crippen molar-refractivity contribution in [3.63, 3.8) is 0 Å². The van der Waals surface area contributed by atoms with Gasteiger partial charge < -0.3 is 11.1 Å². The van der Waals surface area contributed by atoms with Crippen LogP contribution in [0.2, 0.25) is 0 Å². The van der Waals surface area contributed by atoms with Crippen LogP contribution >= 0.6 is 12.4 Å². The van der Waals surface area contributed by atoms with Gasteiger partial charge >= 0.3 is 0 Å². The molecule has 3 rings (SSSR count). The quantitative estimate of drug-likeness (QED) is 0.820. The van der Waals surface area contributed by atoms with Crippen LogP contribution in [0.3, 0.4) is 0 Å². The molecule has 8 heteroatoms. The molecule has 1 amide bonds. The molecule has 1 aromatic rings. The zero-order valence-electron chi connectivity index (χ0n) is 13.0. The van der Waals surface area contributed by atoms with Crippen molar-refractivity contribution in [2.24, 2.45) is 5.73 Å². The van der Waals surface area contributed by atoms with Crippen LogP contribution in [0.25, 0.3) is 0 Å². The molecule has 23 heavy (non-hydrogen) atoms. The molecular weight excluding hydrogens is 338 g/mol. The largest absolute Gasteiger partial charge is 0.352 e. The Hall–Kier alpha value is -1.15. The molecule has 2 aliphatic heterocycles. The van der Waals surface area contributed by atoms with E-state index in [-0.39, 0.29) is 35.3 Å². The van der Waals surface area contributed by atoms with Crippen LogP contribution < -0.4 is 11.1 Å². The summed E-state index contributed by atoms with van der Waals surface area (Å²) in [6.45, 7) is 2.90. The Morgan fingerprint density at radius 3 is 2.78 bits per heavy atom. The van der Waals surface area contributed by atoms with Crippen LogP contribution in [0, 0.1) is 0 Å². The van der Waals surface area contributed by atoms with Crippen LogP contribution in [0.5, 0.6) is 0 Å². The second kappa shape index (κ2) is 6.76. The van der Waals surface area contributed by atoms with Crippen molar-refractivity contribution in [3.05, 3.63) is 29.3 Å². The third kappa shape index (κ3) is 3.38. The van der Waals surface area contributed by atoms with Gasteiger partial charge in [-0.3, -0.25) is 4.79 Å². The number of hydrogen-bond donors (Lipinski definition) is 2. The Kier molecular flexibility index (Phi) is 5.35. The Labute approximate surface area is 142 Å². The number of halogens is 1. The van der Waals surface area contributed by atoms with E-state index < -0.39 is 10.0 Å². The average molecular weight is 360 g/mol. The topological polar surface area (TPSA) is 92.5 Å². The van der Waals surface area contributed by atoms with E-state index in [1.165, 1.54) is 10.4 Å². The van der Waals surface area contributed by atoms with Crippen molar-refractivity contribution in [3.8, 4) is 0 Å². The number of fused-ring (bicyclic) bond motifs is 1. The van der Waals surface area contributed by atoms with E-state index in [0.717, 1.165) is 12.0 Å². The van der Waals surface area contributed by atoms with E-state index in [9.17, 15) is 13.2 Å². The lowest BCUT2D eigenvalue weighted by molar-refractivity contribution is 0.0945. The number of hydrogen-bond acceptors (Lipinski definition) is 4. The monoisotopic (exact) mass is 359 g/mol. The summed E-state index contributed by atoms with van der Waals surface area (Å²) in [7, 11) is -3.59. The maximum atomic E-state index is 12.9. The van der Waals surface area contributed by atoms with Crippen LogP contribution in [0.4, 0.5) is 0 Å². The van der Waals surface area contributed by atoms with E-state index in [2.05, 4.69) is 5.32 Å². The molecule has 3 N–H and O–H groups in total. The zero-order valence-corrected chi connectivity index (χ0v) is 14.6. The molecule has 0 aliphatic carbocycles. The van der Waals surface area contributed by atoms with Gasteiger partial charge in [-0.05, 0) is 43.9 Å². The highest BCUT2D eigenvalue weighted by atomic mass is 35.5. The summed E-state index contributed by atoms with van der Waals surface area (Å²) in [6, 6.07) is 4.78. The number of carbonyl (C=O) groups is 1. The maximum absolute atomic E-state index is 12.9. The minimum atomic E-state index is -3.59. The standard InChI is InChI=1S/C15H21N3O3S.ClH/c1-10-8-12(16)5-7-18(10)22(20,21)13-3-2-11-4-6-17-15(19)14(11)9-13;/h2-3,9-10,12H,4-8,16H2,1H3,(H,17,19);1H. The second-order valence-corrected chi connectivity index (χ2v) is 7.96. The lowest BCUT2D eigenvalue weighted by Gasteiger charge is -2.35. The number of benzene rings is 1. The van der Waals surface area contributed by atoms with Gasteiger partial charge in [0.1, 0.15) is 0 Å². The van der Waals surface area contributed by atoms with Gasteiger partial charge in [-0.2, -0.15) is 4.31 Å². The molecular formula is C15H22ClN3O3S. The van der Waals surface area contributed by atoms with Crippen LogP contribution in [0.15, 0.2) is 23.1 Å². The van der Waals surface area contributed by atoms with Crippen molar-refractivity contribution >= 4 is 28.3 Å². The van der Waals surface area contributed by atoms with Crippen LogP contribution in [-0.2, 0) is 16.4 Å². The number of rotatable bonds is 2. The highest BCUT2D eigenvalue weighted by Gasteiger charge is 2.34. The summed E-state index contributed by atoms with van der Waals surface area (Å²) in [4.78, 5) is 12.1. The van der Waals surface area contributed by atoms with E-state index in [0.29, 0.717) is 31.5 Å². The van der Waals surface area contributed by atoms with Gasteiger partial charge in [0.05, 0.1) is 4.90 Å². The van der Waals surface area contributed by atoms with E-state index in [1.54, 1.807) is 12.1 Å². The van der Waals surface area contributed by atoms with Crippen LogP contribution in [0.1, 0.15) is 35.7 Å². The zero-order chi connectivity index (χ0) is 15.9. The number of sulfonamides is 1. The molecule has 2 atom stereocenters. The summed E-state index contributed by atoms with van der Waals surface area (Å²) in [6.07, 6.45) is 2.05. The molecule has 2 aliphatic rings. The van der Waals surface area contributed by atoms with Gasteiger partial charge in [0.15, 0.2) is 0 Å². The number of piperidine rings is 1. The smallest absolute Gasteiger partial charge is 0.251 e. The van der Waals surface area contributed by atoms with Crippen molar-refractivity contribution < 1.29 is 13.2 Å². The van der Waals surface area contributed by atoms with E-state index >= 15 is 0 Å². The number of nitrogens with two attached hydrogens (primary N) is 1. The predicted molar refractivity (Wildman–Crippen MR) is 90.3 cm³/mol. The SMILES string of the molecule is CC1CC(N)CCN1S(=O)(=O)c1ccc2c(c1)C(=O)NCC2.Cl. The summed E-state index contributed by atoms with van der Waals surface area (Å²) in [5, 5.41) is 2.75. The van der Waals surface area contributed by atoms with Crippen molar-refractivity contribution in [2.45, 2.75) is 43.2 Å². The van der Waals surface area contributed by atoms with Gasteiger partial charge in [-0.1, -0.05) is 6.07 Å². The average Bonchev–Trinajstić information content (AvgIpc) is 2.47. The molecule has 0 saturated carbocycles. The molecule has 0 spiro atoms. The Morgan fingerprint density at radius 2 is 2.09 bits per heavy atom. The third-order valence-corrected chi connectivity index (χ3v) is 6.48. The predicted octanol–water partition coefficient (Wildman–Crippen LogP) is 0.895. The maximum Gasteiger partial charge on any atom is 0.251 e. The minimum absolute atomic E-state index is 0. The fraction of sp³-hybridized carbons (Fsp3) is 0.533. The van der Waals surface area contributed by atoms with Gasteiger partial charge in [-0.25, -0.2) is 8.42 Å². The molecule has 2 unspecified atom stereocenters. The lowest BCUT2D eigenvalue weighted by Crippen LogP contribution is -2.48. The second-order valence-electron chi connectivity index (χ2n) is 6.07. The first kappa shape index (κ1) is 18.2. The van der Waals surface area contributed by atoms with Crippen molar-refractivity contribution in [2.75, 3.05) is 13.1 Å². The molecule has 0 radical (unpaired) electrons. The number of amides is 1. The molecule has 128 valence electrons. The highest BCUT2D eigenvalue weighted by Crippen LogP contribution is 2.27. The minimum Gasteiger partial charge on any atom is -0.352 e. The molecule has 0 bridgehead atoms. The van der Waals surface area contributed by atoms with Gasteiger partial charge in [0.25, 0.3) is 5.91 Å². The molecule has 1 aromatic carbocycles. The first-order valence-corrected chi connectivity index (χ1v) is 9.02. The summed E-state index contributed by atoms with van der Waals surface area (Å²) in [5.41, 5.74) is 7.27. The fourth-order valence-corrected chi connectivity index (χ4v) is 4.91. The third-order valence-electron chi connectivity index (χ3n) is 4.47. The van der Waals surface area contributed by atoms with Gasteiger partial charge in [-0.15, -0.1) is 12.4 Å². The normalized spacial score (nSPS) is 25.2. The van der Waals surface area contributed by atoms with Gasteiger partial charge in [0.2, 0.25) is 10.0 Å². The van der Waals surface area contributed by atoms with Gasteiger partial charge in [0, 0.05) is 30.7 Å². The first-order valence-electron chi connectivity index (χ1n) is 7.58. The number of nitrogens with zero attached hydrogens (tertiary/aromatic N) is 1. The lowest BCUT2D eigenvalue weighted by atomic mass is 10.0.